The van der Waals surface area contributed by atoms with E-state index in [1.54, 1.807) is 18.2 Å². The second kappa shape index (κ2) is 8.37. The van der Waals surface area contributed by atoms with Crippen molar-refractivity contribution in [2.24, 2.45) is 4.99 Å². The number of hydrogen-bond donors (Lipinski definition) is 2. The SMILES string of the molecule is CC(C)(C)c1ccc(O)c(N=Cc2cc(Cc3ccccc3)cc([N+](=O)[O-])c2O)c1. The Morgan fingerprint density at radius 1 is 1.00 bits per heavy atom. The molecule has 0 aliphatic carbocycles. The van der Waals surface area contributed by atoms with Gasteiger partial charge in [0, 0.05) is 17.8 Å². The van der Waals surface area contributed by atoms with E-state index in [1.165, 1.54) is 12.3 Å². The molecule has 154 valence electrons. The second-order valence-electron chi connectivity index (χ2n) is 8.18. The van der Waals surface area contributed by atoms with Crippen LogP contribution >= 0.6 is 0 Å². The largest absolute Gasteiger partial charge is 0.506 e. The van der Waals surface area contributed by atoms with E-state index in [1.807, 2.05) is 36.4 Å². The summed E-state index contributed by atoms with van der Waals surface area (Å²) in [6.45, 7) is 6.15. The monoisotopic (exact) mass is 404 g/mol. The number of aliphatic imine (C=N–C) groups is 1. The summed E-state index contributed by atoms with van der Waals surface area (Å²) < 4.78 is 0. The Hall–Kier alpha value is -3.67. The number of phenolic OH excluding ortho intramolecular Hbond substituents is 2. The third kappa shape index (κ3) is 4.84. The van der Waals surface area contributed by atoms with Gasteiger partial charge < -0.3 is 10.2 Å². The summed E-state index contributed by atoms with van der Waals surface area (Å²) in [5.74, 6) is -0.458. The zero-order chi connectivity index (χ0) is 21.9. The molecule has 0 unspecified atom stereocenters. The van der Waals surface area contributed by atoms with Gasteiger partial charge in [-0.1, -0.05) is 57.2 Å². The Labute approximate surface area is 175 Å². The first-order valence-electron chi connectivity index (χ1n) is 9.57. The van der Waals surface area contributed by atoms with Gasteiger partial charge in [-0.3, -0.25) is 15.1 Å². The highest BCUT2D eigenvalue weighted by Crippen LogP contribution is 2.34. The number of phenols is 2. The van der Waals surface area contributed by atoms with Crippen molar-refractivity contribution < 1.29 is 15.1 Å². The molecule has 3 aromatic carbocycles. The standard InChI is InChI=1S/C24H24N2O4/c1-24(2,3)19-9-10-22(27)20(14-19)25-15-18-12-17(11-16-7-5-4-6-8-16)13-21(23(18)28)26(29)30/h4-10,12-15,27-28H,11H2,1-3H3. The van der Waals surface area contributed by atoms with Crippen LogP contribution in [0.2, 0.25) is 0 Å². The van der Waals surface area contributed by atoms with E-state index >= 15 is 0 Å². The Kier molecular flexibility index (Phi) is 5.87. The van der Waals surface area contributed by atoms with Gasteiger partial charge in [-0.15, -0.1) is 0 Å². The third-order valence-electron chi connectivity index (χ3n) is 4.81. The highest BCUT2D eigenvalue weighted by Gasteiger charge is 2.19. The molecule has 0 aliphatic heterocycles. The molecule has 0 aliphatic rings. The van der Waals surface area contributed by atoms with Crippen LogP contribution in [0, 0.1) is 10.1 Å². The maximum atomic E-state index is 11.4. The van der Waals surface area contributed by atoms with Crippen molar-refractivity contribution in [3.63, 3.8) is 0 Å². The zero-order valence-corrected chi connectivity index (χ0v) is 17.2. The van der Waals surface area contributed by atoms with Crippen molar-refractivity contribution in [1.29, 1.82) is 0 Å². The maximum absolute atomic E-state index is 11.4. The first-order valence-corrected chi connectivity index (χ1v) is 9.57. The topological polar surface area (TPSA) is 96.0 Å². The van der Waals surface area contributed by atoms with Crippen LogP contribution in [-0.4, -0.2) is 21.4 Å². The van der Waals surface area contributed by atoms with Gasteiger partial charge in [0.05, 0.1) is 4.92 Å². The first kappa shape index (κ1) is 21.0. The molecule has 0 radical (unpaired) electrons. The van der Waals surface area contributed by atoms with E-state index in [0.717, 1.165) is 11.1 Å². The summed E-state index contributed by atoms with van der Waals surface area (Å²) in [6.07, 6.45) is 1.83. The molecule has 6 heteroatoms. The average molecular weight is 404 g/mol. The first-order chi connectivity index (χ1) is 14.1. The Morgan fingerprint density at radius 3 is 2.33 bits per heavy atom. The van der Waals surface area contributed by atoms with Crippen molar-refractivity contribution in [1.82, 2.24) is 0 Å². The molecule has 0 fully saturated rings. The number of benzene rings is 3. The maximum Gasteiger partial charge on any atom is 0.311 e. The average Bonchev–Trinajstić information content (AvgIpc) is 2.68. The van der Waals surface area contributed by atoms with Crippen molar-refractivity contribution in [3.8, 4) is 11.5 Å². The lowest BCUT2D eigenvalue weighted by Crippen LogP contribution is -2.10. The third-order valence-corrected chi connectivity index (χ3v) is 4.81. The number of hydrogen-bond acceptors (Lipinski definition) is 5. The molecule has 3 rings (SSSR count). The van der Waals surface area contributed by atoms with Crippen LogP contribution in [0.1, 0.15) is 43.0 Å². The molecule has 30 heavy (non-hydrogen) atoms. The summed E-state index contributed by atoms with van der Waals surface area (Å²) >= 11 is 0. The predicted molar refractivity (Wildman–Crippen MR) is 118 cm³/mol. The highest BCUT2D eigenvalue weighted by molar-refractivity contribution is 5.88. The zero-order valence-electron chi connectivity index (χ0n) is 17.2. The predicted octanol–water partition coefficient (Wildman–Crippen LogP) is 5.64. The minimum atomic E-state index is -0.612. The molecule has 0 saturated carbocycles. The minimum Gasteiger partial charge on any atom is -0.506 e. The van der Waals surface area contributed by atoms with Gasteiger partial charge in [0.1, 0.15) is 11.4 Å². The lowest BCUT2D eigenvalue weighted by molar-refractivity contribution is -0.385. The molecule has 0 aromatic heterocycles. The number of nitro groups is 1. The molecule has 0 amide bonds. The van der Waals surface area contributed by atoms with Crippen molar-refractivity contribution in [2.75, 3.05) is 0 Å². The van der Waals surface area contributed by atoms with Gasteiger partial charge in [-0.25, -0.2) is 0 Å². The van der Waals surface area contributed by atoms with E-state index < -0.39 is 10.7 Å². The van der Waals surface area contributed by atoms with Crippen molar-refractivity contribution in [2.45, 2.75) is 32.6 Å². The van der Waals surface area contributed by atoms with Crippen molar-refractivity contribution >= 4 is 17.6 Å². The number of nitro benzene ring substituents is 1. The molecule has 0 spiro atoms. The number of nitrogens with zero attached hydrogens (tertiary/aromatic N) is 2. The molecule has 0 heterocycles. The van der Waals surface area contributed by atoms with E-state index in [-0.39, 0.29) is 22.4 Å². The van der Waals surface area contributed by atoms with Crippen LogP contribution in [0.3, 0.4) is 0 Å². The summed E-state index contributed by atoms with van der Waals surface area (Å²) in [6, 6.07) is 17.8. The quantitative estimate of drug-likeness (QED) is 0.326. The van der Waals surface area contributed by atoms with E-state index in [0.29, 0.717) is 17.7 Å². The lowest BCUT2D eigenvalue weighted by Gasteiger charge is -2.19. The molecule has 6 nitrogen and oxygen atoms in total. The van der Waals surface area contributed by atoms with Crippen LogP contribution in [-0.2, 0) is 11.8 Å². The highest BCUT2D eigenvalue weighted by atomic mass is 16.6. The molecule has 2 N–H and O–H groups in total. The van der Waals surface area contributed by atoms with Crippen molar-refractivity contribution in [3.05, 3.63) is 93.0 Å². The fourth-order valence-corrected chi connectivity index (χ4v) is 3.11. The Bertz CT molecular complexity index is 1100. The van der Waals surface area contributed by atoms with Crippen LogP contribution in [0.25, 0.3) is 0 Å². The minimum absolute atomic E-state index is 0.00585. The molecule has 3 aromatic rings. The summed E-state index contributed by atoms with van der Waals surface area (Å²) in [7, 11) is 0. The number of aromatic hydroxyl groups is 2. The van der Waals surface area contributed by atoms with Gasteiger partial charge in [0.2, 0.25) is 5.75 Å². The van der Waals surface area contributed by atoms with Crippen LogP contribution < -0.4 is 0 Å². The number of rotatable bonds is 5. The molecule has 0 bridgehead atoms. The van der Waals surface area contributed by atoms with Gasteiger partial charge in [-0.2, -0.15) is 0 Å². The fraction of sp³-hybridized carbons (Fsp3) is 0.208. The normalized spacial score (nSPS) is 11.7. The Balaban J connectivity index is 2.02. The van der Waals surface area contributed by atoms with Gasteiger partial charge in [-0.05, 0) is 46.7 Å². The summed E-state index contributed by atoms with van der Waals surface area (Å²) in [5.41, 5.74) is 2.71. The smallest absolute Gasteiger partial charge is 0.311 e. The van der Waals surface area contributed by atoms with Gasteiger partial charge >= 0.3 is 5.69 Å². The van der Waals surface area contributed by atoms with E-state index in [9.17, 15) is 20.3 Å². The van der Waals surface area contributed by atoms with E-state index in [4.69, 9.17) is 0 Å². The van der Waals surface area contributed by atoms with Crippen LogP contribution in [0.5, 0.6) is 11.5 Å². The van der Waals surface area contributed by atoms with Gasteiger partial charge in [0.15, 0.2) is 0 Å². The van der Waals surface area contributed by atoms with Crippen LogP contribution in [0.15, 0.2) is 65.7 Å². The molecule has 0 saturated heterocycles. The van der Waals surface area contributed by atoms with E-state index in [2.05, 4.69) is 25.8 Å². The molecular formula is C24H24N2O4. The molecule has 0 atom stereocenters. The second-order valence-corrected chi connectivity index (χ2v) is 8.18. The van der Waals surface area contributed by atoms with Crippen LogP contribution in [0.4, 0.5) is 11.4 Å². The fourth-order valence-electron chi connectivity index (χ4n) is 3.11. The Morgan fingerprint density at radius 2 is 1.70 bits per heavy atom. The van der Waals surface area contributed by atoms with Gasteiger partial charge in [0.25, 0.3) is 0 Å². The molecular weight excluding hydrogens is 380 g/mol. The summed E-state index contributed by atoms with van der Waals surface area (Å²) in [4.78, 5) is 15.1. The lowest BCUT2D eigenvalue weighted by atomic mass is 9.87. The summed E-state index contributed by atoms with van der Waals surface area (Å²) in [5, 5.41) is 32.0.